The van der Waals surface area contributed by atoms with Gasteiger partial charge in [0.25, 0.3) is 0 Å². The molecule has 1 aromatic heterocycles. The van der Waals surface area contributed by atoms with Crippen molar-refractivity contribution in [1.82, 2.24) is 4.98 Å². The van der Waals surface area contributed by atoms with Crippen LogP contribution in [-0.4, -0.2) is 68.2 Å². The molecule has 3 unspecified atom stereocenters. The minimum absolute atomic E-state index is 0.310. The summed E-state index contributed by atoms with van der Waals surface area (Å²) in [6.07, 6.45) is 1.54. The molecule has 182 valence electrons. The van der Waals surface area contributed by atoms with Crippen molar-refractivity contribution in [3.8, 4) is 0 Å². The second-order valence-electron chi connectivity index (χ2n) is 6.74. The van der Waals surface area contributed by atoms with Crippen molar-refractivity contribution in [3.63, 3.8) is 0 Å². The summed E-state index contributed by atoms with van der Waals surface area (Å²) in [5.41, 5.74) is 26.6. The summed E-state index contributed by atoms with van der Waals surface area (Å²) in [6.45, 7) is 0. The Kier molecular flexibility index (Phi) is 12.4. The zero-order chi connectivity index (χ0) is 25.7. The van der Waals surface area contributed by atoms with Crippen molar-refractivity contribution in [1.29, 1.82) is 0 Å². The fourth-order valence-electron chi connectivity index (χ4n) is 2.23. The molecule has 0 aliphatic carbocycles. The van der Waals surface area contributed by atoms with E-state index in [1.54, 1.807) is 0 Å². The number of aromatic amines is 1. The van der Waals surface area contributed by atoms with Gasteiger partial charge in [-0.1, -0.05) is 18.2 Å². The van der Waals surface area contributed by atoms with Gasteiger partial charge in [0.2, 0.25) is 11.8 Å². The normalized spacial score (nSPS) is 12.7. The van der Waals surface area contributed by atoms with Crippen LogP contribution in [0.2, 0.25) is 0 Å². The van der Waals surface area contributed by atoms with Crippen molar-refractivity contribution >= 4 is 40.6 Å². The molecule has 2 rings (SSSR count). The molecule has 33 heavy (non-hydrogen) atoms. The van der Waals surface area contributed by atoms with Crippen LogP contribution in [0.5, 0.6) is 0 Å². The summed E-state index contributed by atoms with van der Waals surface area (Å²) in [5.74, 6) is -4.81. The number of primary amides is 2. The molecule has 1 heterocycles. The van der Waals surface area contributed by atoms with Gasteiger partial charge in [-0.05, 0) is 11.6 Å². The van der Waals surface area contributed by atoms with Crippen LogP contribution < -0.4 is 28.7 Å². The summed E-state index contributed by atoms with van der Waals surface area (Å²) in [7, 11) is 0. The number of benzene rings is 1. The summed E-state index contributed by atoms with van der Waals surface area (Å²) < 4.78 is 0. The number of fused-ring (bicyclic) bond motifs is 1. The van der Waals surface area contributed by atoms with Crippen molar-refractivity contribution in [2.24, 2.45) is 28.7 Å². The van der Waals surface area contributed by atoms with Crippen LogP contribution in [-0.2, 0) is 30.4 Å². The highest BCUT2D eigenvalue weighted by molar-refractivity contribution is 5.85. The number of amides is 2. The number of aliphatic carboxylic acids is 3. The molecule has 14 heteroatoms. The van der Waals surface area contributed by atoms with Gasteiger partial charge in [-0.2, -0.15) is 0 Å². The number of hydrogen-bond acceptors (Lipinski definition) is 8. The van der Waals surface area contributed by atoms with Gasteiger partial charge in [-0.3, -0.25) is 24.0 Å². The van der Waals surface area contributed by atoms with E-state index in [1.165, 1.54) is 0 Å². The molecule has 0 radical (unpaired) electrons. The first-order chi connectivity index (χ1) is 15.3. The van der Waals surface area contributed by atoms with E-state index in [2.05, 4.69) is 16.5 Å². The summed E-state index contributed by atoms with van der Waals surface area (Å²) in [5, 5.41) is 26.0. The minimum atomic E-state index is -1.21. The van der Waals surface area contributed by atoms with Gasteiger partial charge in [-0.15, -0.1) is 0 Å². The molecule has 2 amide bonds. The highest BCUT2D eigenvalue weighted by atomic mass is 16.4. The molecular weight excluding hydrogens is 440 g/mol. The number of nitrogens with two attached hydrogens (primary N) is 5. The Morgan fingerprint density at radius 1 is 0.758 bits per heavy atom. The highest BCUT2D eigenvalue weighted by Gasteiger charge is 2.15. The lowest BCUT2D eigenvalue weighted by molar-refractivity contribution is -0.140. The summed E-state index contributed by atoms with van der Waals surface area (Å²) in [4.78, 5) is 53.5. The molecule has 0 aliphatic rings. The van der Waals surface area contributed by atoms with E-state index in [0.29, 0.717) is 6.42 Å². The van der Waals surface area contributed by atoms with E-state index >= 15 is 0 Å². The minimum Gasteiger partial charge on any atom is -0.480 e. The Morgan fingerprint density at radius 3 is 1.55 bits per heavy atom. The lowest BCUT2D eigenvalue weighted by Crippen LogP contribution is -2.34. The van der Waals surface area contributed by atoms with Gasteiger partial charge >= 0.3 is 17.9 Å². The number of para-hydroxylation sites is 1. The Hall–Kier alpha value is -4.01. The smallest absolute Gasteiger partial charge is 0.321 e. The largest absolute Gasteiger partial charge is 0.480 e. The average Bonchev–Trinajstić information content (AvgIpc) is 3.10. The Balaban J connectivity index is 0.000000498. The second-order valence-corrected chi connectivity index (χ2v) is 6.74. The maximum Gasteiger partial charge on any atom is 0.321 e. The SMILES string of the molecule is NC(=O)CC(N)C(=O)O.NC(=O)CC(N)C(=O)O.NC(Cc1c[nH]c2ccccc12)C(=O)O. The fourth-order valence-corrected chi connectivity index (χ4v) is 2.23. The molecule has 3 atom stereocenters. The molecule has 0 spiro atoms. The van der Waals surface area contributed by atoms with Gasteiger partial charge in [0.05, 0.1) is 12.8 Å². The molecule has 1 aromatic carbocycles. The van der Waals surface area contributed by atoms with Crippen LogP contribution >= 0.6 is 0 Å². The molecule has 0 aliphatic heterocycles. The lowest BCUT2D eigenvalue weighted by atomic mass is 10.1. The van der Waals surface area contributed by atoms with Gasteiger partial charge in [0.15, 0.2) is 0 Å². The number of H-pyrrole nitrogens is 1. The third-order valence-electron chi connectivity index (χ3n) is 3.91. The van der Waals surface area contributed by atoms with Crippen molar-refractivity contribution in [3.05, 3.63) is 36.0 Å². The topological polar surface area (TPSA) is 292 Å². The zero-order valence-electron chi connectivity index (χ0n) is 17.5. The summed E-state index contributed by atoms with van der Waals surface area (Å²) in [6, 6.07) is 4.58. The molecular formula is C19H28N6O8. The van der Waals surface area contributed by atoms with Crippen LogP contribution in [0.25, 0.3) is 10.9 Å². The fraction of sp³-hybridized carbons (Fsp3) is 0.316. The monoisotopic (exact) mass is 468 g/mol. The number of rotatable bonds is 9. The number of aromatic nitrogens is 1. The van der Waals surface area contributed by atoms with Crippen LogP contribution in [0.3, 0.4) is 0 Å². The van der Waals surface area contributed by atoms with Crippen molar-refractivity contribution < 1.29 is 39.3 Å². The van der Waals surface area contributed by atoms with Gasteiger partial charge in [0.1, 0.15) is 18.1 Å². The number of nitrogens with one attached hydrogen (secondary N) is 1. The standard InChI is InChI=1S/C11H12N2O2.2C4H8N2O3/c12-9(11(14)15)5-7-6-13-10-4-2-1-3-8(7)10;2*5-2(4(8)9)1-3(6)7/h1-4,6,9,13H,5,12H2,(H,14,15);2*2H,1,5H2,(H2,6,7)(H,8,9). The highest BCUT2D eigenvalue weighted by Crippen LogP contribution is 2.18. The molecule has 0 saturated heterocycles. The first-order valence-corrected chi connectivity index (χ1v) is 9.32. The van der Waals surface area contributed by atoms with Crippen LogP contribution in [0.4, 0.5) is 0 Å². The third kappa shape index (κ3) is 11.8. The average molecular weight is 468 g/mol. The molecule has 0 fully saturated rings. The Morgan fingerprint density at radius 2 is 1.18 bits per heavy atom. The van der Waals surface area contributed by atoms with Crippen molar-refractivity contribution in [2.75, 3.05) is 0 Å². The van der Waals surface area contributed by atoms with E-state index < -0.39 is 47.8 Å². The predicted octanol–water partition coefficient (Wildman–Crippen LogP) is -2.33. The zero-order valence-corrected chi connectivity index (χ0v) is 17.5. The first kappa shape index (κ1) is 29.0. The molecule has 2 aromatic rings. The van der Waals surface area contributed by atoms with Crippen molar-refractivity contribution in [2.45, 2.75) is 37.4 Å². The van der Waals surface area contributed by atoms with Gasteiger partial charge in [-0.25, -0.2) is 0 Å². The van der Waals surface area contributed by atoms with E-state index in [9.17, 15) is 24.0 Å². The molecule has 14 nitrogen and oxygen atoms in total. The predicted molar refractivity (Wildman–Crippen MR) is 116 cm³/mol. The number of hydrogen-bond donors (Lipinski definition) is 9. The van der Waals surface area contributed by atoms with E-state index in [0.717, 1.165) is 16.5 Å². The van der Waals surface area contributed by atoms with Crippen LogP contribution in [0.15, 0.2) is 30.5 Å². The summed E-state index contributed by atoms with van der Waals surface area (Å²) >= 11 is 0. The molecule has 0 bridgehead atoms. The van der Waals surface area contributed by atoms with Crippen LogP contribution in [0, 0.1) is 0 Å². The first-order valence-electron chi connectivity index (χ1n) is 9.32. The number of carboxylic acid groups (broad SMARTS) is 3. The van der Waals surface area contributed by atoms with E-state index in [1.807, 2.05) is 30.5 Å². The van der Waals surface area contributed by atoms with E-state index in [4.69, 9.17) is 32.5 Å². The number of carbonyl (C=O) groups is 5. The van der Waals surface area contributed by atoms with Crippen LogP contribution in [0.1, 0.15) is 18.4 Å². The maximum atomic E-state index is 10.6. The number of carbonyl (C=O) groups excluding carboxylic acids is 2. The Bertz CT molecular complexity index is 944. The van der Waals surface area contributed by atoms with Gasteiger partial charge in [0, 0.05) is 23.5 Å². The second kappa shape index (κ2) is 14.1. The van der Waals surface area contributed by atoms with Gasteiger partial charge < -0.3 is 49.0 Å². The number of carboxylic acids is 3. The molecule has 14 N–H and O–H groups in total. The Labute approximate surface area is 187 Å². The maximum absolute atomic E-state index is 10.6. The lowest BCUT2D eigenvalue weighted by Gasteiger charge is -2.04. The van der Waals surface area contributed by atoms with E-state index in [-0.39, 0.29) is 12.8 Å². The molecule has 0 saturated carbocycles. The quantitative estimate of drug-likeness (QED) is 0.188. The third-order valence-corrected chi connectivity index (χ3v) is 3.91.